The van der Waals surface area contributed by atoms with Crippen LogP contribution < -0.4 is 10.1 Å². The molecule has 4 atom stereocenters. The van der Waals surface area contributed by atoms with E-state index in [0.29, 0.717) is 23.4 Å². The van der Waals surface area contributed by atoms with E-state index in [1.165, 1.54) is 37.4 Å². The lowest BCUT2D eigenvalue weighted by molar-refractivity contribution is -0.156. The standard InChI is InChI=1S/C37H41Cl2FN2O7S/c1-36(2,3)50(47,48)20-30(21-9-10-21)42-33(23-11-14-28(39)29(40)16-23)27(22-7-6-8-24(38)15-22)18-37(4,35(42)46)19-32(43)41-25-12-13-26(34(44)45)31(17-25)49-5/h6-8,11-17,21,27,30,33H,9-10,18-20H2,1-5H3,(H,41,43)(H,44,45)/t27-,30-,33-,37-/m1/s1. The number of likely N-dealkylation sites (tertiary alicyclic amines) is 1. The van der Waals surface area contributed by atoms with Crippen LogP contribution in [-0.4, -0.2) is 59.9 Å². The third-order valence-electron chi connectivity index (χ3n) is 9.78. The fourth-order valence-electron chi connectivity index (χ4n) is 6.85. The van der Waals surface area contributed by atoms with Gasteiger partial charge in [0.25, 0.3) is 0 Å². The van der Waals surface area contributed by atoms with Crippen molar-refractivity contribution in [1.29, 1.82) is 0 Å². The first-order valence-electron chi connectivity index (χ1n) is 16.3. The van der Waals surface area contributed by atoms with Crippen LogP contribution in [0.3, 0.4) is 0 Å². The fraction of sp³-hybridized carbons (Fsp3) is 0.432. The Hall–Kier alpha value is -3.67. The van der Waals surface area contributed by atoms with E-state index in [1.807, 2.05) is 6.07 Å². The molecule has 9 nitrogen and oxygen atoms in total. The maximum absolute atomic E-state index is 15.2. The van der Waals surface area contributed by atoms with Crippen molar-refractivity contribution in [1.82, 2.24) is 4.90 Å². The Morgan fingerprint density at radius 3 is 2.36 bits per heavy atom. The molecule has 1 aliphatic carbocycles. The molecule has 0 radical (unpaired) electrons. The number of hydrogen-bond donors (Lipinski definition) is 2. The van der Waals surface area contributed by atoms with E-state index in [2.05, 4.69) is 5.32 Å². The number of nitrogens with zero attached hydrogens (tertiary/aromatic N) is 1. The highest BCUT2D eigenvalue weighted by Gasteiger charge is 2.55. The molecule has 1 aliphatic heterocycles. The van der Waals surface area contributed by atoms with E-state index in [1.54, 1.807) is 56.9 Å². The molecule has 0 unspecified atom stereocenters. The summed E-state index contributed by atoms with van der Waals surface area (Å²) in [5, 5.41) is 12.6. The van der Waals surface area contributed by atoms with Gasteiger partial charge in [-0.25, -0.2) is 17.6 Å². The highest BCUT2D eigenvalue weighted by atomic mass is 35.5. The van der Waals surface area contributed by atoms with Crippen LogP contribution in [0, 0.1) is 17.2 Å². The van der Waals surface area contributed by atoms with Crippen LogP contribution >= 0.6 is 23.2 Å². The molecule has 0 aromatic heterocycles. The van der Waals surface area contributed by atoms with Gasteiger partial charge in [-0.05, 0) is 93.5 Å². The molecule has 2 fully saturated rings. The van der Waals surface area contributed by atoms with Gasteiger partial charge in [0, 0.05) is 35.2 Å². The average molecular weight is 748 g/mol. The Morgan fingerprint density at radius 2 is 1.78 bits per heavy atom. The lowest BCUT2D eigenvalue weighted by atomic mass is 9.66. The number of carbonyl (C=O) groups is 3. The monoisotopic (exact) mass is 746 g/mol. The summed E-state index contributed by atoms with van der Waals surface area (Å²) in [6.45, 7) is 6.56. The second-order valence-electron chi connectivity index (χ2n) is 14.5. The Labute approximate surface area is 302 Å². The molecule has 268 valence electrons. The molecule has 13 heteroatoms. The smallest absolute Gasteiger partial charge is 0.339 e. The molecule has 2 N–H and O–H groups in total. The quantitative estimate of drug-likeness (QED) is 0.204. The molecule has 0 spiro atoms. The van der Waals surface area contributed by atoms with Crippen LogP contribution in [0.4, 0.5) is 10.1 Å². The minimum Gasteiger partial charge on any atom is -0.496 e. The highest BCUT2D eigenvalue weighted by molar-refractivity contribution is 7.92. The van der Waals surface area contributed by atoms with Crippen molar-refractivity contribution < 1.29 is 37.0 Å². The normalized spacial score (nSPS) is 21.8. The van der Waals surface area contributed by atoms with Gasteiger partial charge in [0.05, 0.1) is 34.1 Å². The zero-order valence-corrected chi connectivity index (χ0v) is 30.8. The van der Waals surface area contributed by atoms with Gasteiger partial charge in [-0.1, -0.05) is 48.3 Å². The zero-order chi connectivity index (χ0) is 36.8. The Morgan fingerprint density at radius 1 is 1.08 bits per heavy atom. The fourth-order valence-corrected chi connectivity index (χ4v) is 8.55. The van der Waals surface area contributed by atoms with Crippen LogP contribution in [0.15, 0.2) is 60.7 Å². The number of rotatable bonds is 11. The van der Waals surface area contributed by atoms with Gasteiger partial charge in [0.15, 0.2) is 9.84 Å². The number of carbonyl (C=O) groups excluding carboxylic acids is 2. The number of amides is 2. The lowest BCUT2D eigenvalue weighted by Gasteiger charge is -2.52. The Bertz CT molecular complexity index is 1930. The van der Waals surface area contributed by atoms with Crippen molar-refractivity contribution in [3.63, 3.8) is 0 Å². The van der Waals surface area contributed by atoms with E-state index in [-0.39, 0.29) is 46.5 Å². The number of carboxylic acid groups (broad SMARTS) is 1. The first-order valence-corrected chi connectivity index (χ1v) is 18.7. The van der Waals surface area contributed by atoms with E-state index in [0.717, 1.165) is 5.56 Å². The van der Waals surface area contributed by atoms with Crippen molar-refractivity contribution in [2.45, 2.75) is 76.1 Å². The number of carboxylic acids is 1. The first-order chi connectivity index (χ1) is 23.3. The molecule has 2 amide bonds. The topological polar surface area (TPSA) is 130 Å². The van der Waals surface area contributed by atoms with E-state index in [9.17, 15) is 23.1 Å². The predicted octanol–water partition coefficient (Wildman–Crippen LogP) is 7.92. The average Bonchev–Trinajstić information content (AvgIpc) is 3.87. The first kappa shape index (κ1) is 37.6. The summed E-state index contributed by atoms with van der Waals surface area (Å²) in [6, 6.07) is 14.1. The molecule has 1 saturated carbocycles. The van der Waals surface area contributed by atoms with Gasteiger partial charge in [0.1, 0.15) is 17.1 Å². The van der Waals surface area contributed by atoms with Crippen molar-refractivity contribution in [2.24, 2.45) is 11.3 Å². The number of hydrogen-bond acceptors (Lipinski definition) is 6. The number of piperidine rings is 1. The van der Waals surface area contributed by atoms with Crippen LogP contribution in [0.25, 0.3) is 0 Å². The number of benzene rings is 3. The minimum absolute atomic E-state index is 0.0489. The Kier molecular flexibility index (Phi) is 10.6. The zero-order valence-electron chi connectivity index (χ0n) is 28.5. The SMILES string of the molecule is COc1cc(NC(=O)C[C@@]2(C)C[C@H](c3cccc(Cl)c3)[C@@H](c3ccc(Cl)c(F)c3)N([C@H](CS(=O)(=O)C(C)(C)C)C3CC3)C2=O)ccc1C(=O)O. The maximum Gasteiger partial charge on any atom is 0.339 e. The second kappa shape index (κ2) is 14.2. The molecule has 1 heterocycles. The molecule has 3 aromatic rings. The molecular formula is C37H41Cl2FN2O7S. The van der Waals surface area contributed by atoms with E-state index >= 15 is 9.18 Å². The number of sulfone groups is 1. The van der Waals surface area contributed by atoms with Crippen molar-refractivity contribution in [2.75, 3.05) is 18.2 Å². The van der Waals surface area contributed by atoms with Gasteiger partial charge >= 0.3 is 5.97 Å². The summed E-state index contributed by atoms with van der Waals surface area (Å²) in [7, 11) is -2.43. The molecule has 50 heavy (non-hydrogen) atoms. The van der Waals surface area contributed by atoms with E-state index in [4.69, 9.17) is 27.9 Å². The summed E-state index contributed by atoms with van der Waals surface area (Å²) >= 11 is 12.6. The van der Waals surface area contributed by atoms with Crippen LogP contribution in [-0.2, 0) is 19.4 Å². The molecule has 5 rings (SSSR count). The van der Waals surface area contributed by atoms with Gasteiger partial charge in [0.2, 0.25) is 11.8 Å². The molecular weight excluding hydrogens is 706 g/mol. The minimum atomic E-state index is -3.74. The third-order valence-corrected chi connectivity index (χ3v) is 13.0. The number of aromatic carboxylic acids is 1. The maximum atomic E-state index is 15.2. The van der Waals surface area contributed by atoms with Gasteiger partial charge in [-0.15, -0.1) is 0 Å². The van der Waals surface area contributed by atoms with Gasteiger partial charge in [-0.3, -0.25) is 9.59 Å². The molecule has 3 aromatic carbocycles. The van der Waals surface area contributed by atoms with Crippen LogP contribution in [0.1, 0.15) is 86.8 Å². The van der Waals surface area contributed by atoms with Gasteiger partial charge in [-0.2, -0.15) is 0 Å². The summed E-state index contributed by atoms with van der Waals surface area (Å²) in [5.41, 5.74) is 0.0299. The largest absolute Gasteiger partial charge is 0.496 e. The predicted molar refractivity (Wildman–Crippen MR) is 191 cm³/mol. The van der Waals surface area contributed by atoms with Gasteiger partial charge < -0.3 is 20.1 Å². The van der Waals surface area contributed by atoms with E-state index < -0.39 is 61.6 Å². The second-order valence-corrected chi connectivity index (χ2v) is 18.1. The Balaban J connectivity index is 1.63. The highest BCUT2D eigenvalue weighted by Crippen LogP contribution is 2.54. The van der Waals surface area contributed by atoms with Crippen molar-refractivity contribution >= 4 is 56.5 Å². The number of nitrogens with one attached hydrogen (secondary N) is 1. The molecule has 2 aliphatic rings. The number of ether oxygens (including phenoxy) is 1. The lowest BCUT2D eigenvalue weighted by Crippen LogP contribution is -2.59. The van der Waals surface area contributed by atoms with Crippen LogP contribution in [0.5, 0.6) is 5.75 Å². The number of anilines is 1. The molecule has 0 bridgehead atoms. The van der Waals surface area contributed by atoms with Crippen LogP contribution in [0.2, 0.25) is 10.0 Å². The molecule has 1 saturated heterocycles. The summed E-state index contributed by atoms with van der Waals surface area (Å²) in [4.78, 5) is 42.0. The summed E-state index contributed by atoms with van der Waals surface area (Å²) in [6.07, 6.45) is 1.29. The number of methoxy groups -OCH3 is 1. The summed E-state index contributed by atoms with van der Waals surface area (Å²) in [5.74, 6) is -3.72. The summed E-state index contributed by atoms with van der Waals surface area (Å²) < 4.78 is 46.9. The number of halogens is 3. The van der Waals surface area contributed by atoms with Crippen molar-refractivity contribution in [3.05, 3.63) is 93.2 Å². The van der Waals surface area contributed by atoms with Crippen molar-refractivity contribution in [3.8, 4) is 5.75 Å². The third kappa shape index (κ3) is 7.80.